The Kier molecular flexibility index (Phi) is 4.23. The Hall–Kier alpha value is -2.09. The Labute approximate surface area is 112 Å². The Morgan fingerprint density at radius 2 is 2.10 bits per heavy atom. The van der Waals surface area contributed by atoms with Crippen LogP contribution in [0.15, 0.2) is 35.5 Å². The van der Waals surface area contributed by atoms with Crippen LogP contribution in [-0.2, 0) is 14.5 Å². The van der Waals surface area contributed by atoms with Crippen LogP contribution in [0, 0.1) is 0 Å². The third-order valence-corrected chi connectivity index (χ3v) is 2.48. The molecular weight excluding hydrogens is 277 g/mol. The van der Waals surface area contributed by atoms with E-state index in [9.17, 15) is 18.0 Å². The molecule has 0 radical (unpaired) electrons. The summed E-state index contributed by atoms with van der Waals surface area (Å²) in [7, 11) is 0. The minimum Gasteiger partial charge on any atom is -0.382 e. The quantitative estimate of drug-likeness (QED) is 0.859. The van der Waals surface area contributed by atoms with Crippen LogP contribution >= 0.6 is 0 Å². The molecule has 2 rings (SSSR count). The van der Waals surface area contributed by atoms with Gasteiger partial charge < -0.3 is 4.84 Å². The molecule has 5 nitrogen and oxygen atoms in total. The van der Waals surface area contributed by atoms with Crippen LogP contribution in [0.1, 0.15) is 12.0 Å². The van der Waals surface area contributed by atoms with Gasteiger partial charge in [0.25, 0.3) is 5.91 Å². The molecule has 0 bridgehead atoms. The number of hydroxylamine groups is 1. The maximum absolute atomic E-state index is 11.8. The number of oxime groups is 1. The lowest BCUT2D eigenvalue weighted by Gasteiger charge is -2.10. The zero-order valence-electron chi connectivity index (χ0n) is 10.2. The lowest BCUT2D eigenvalue weighted by Crippen LogP contribution is -2.37. The van der Waals surface area contributed by atoms with Gasteiger partial charge >= 0.3 is 6.18 Å². The molecule has 20 heavy (non-hydrogen) atoms. The van der Waals surface area contributed by atoms with E-state index in [-0.39, 0.29) is 6.42 Å². The zero-order chi connectivity index (χ0) is 14.6. The van der Waals surface area contributed by atoms with Crippen molar-refractivity contribution in [3.05, 3.63) is 35.9 Å². The minimum absolute atomic E-state index is 0.172. The van der Waals surface area contributed by atoms with Gasteiger partial charge in [0.2, 0.25) is 6.10 Å². The molecule has 1 aliphatic rings. The van der Waals surface area contributed by atoms with Crippen LogP contribution in [-0.4, -0.2) is 30.5 Å². The van der Waals surface area contributed by atoms with Crippen molar-refractivity contribution in [2.24, 2.45) is 5.16 Å². The SMILES string of the molecule is O=C(NOCC(F)(F)F)C1CC(c2ccccc2)=NO1. The molecule has 0 aliphatic carbocycles. The van der Waals surface area contributed by atoms with E-state index in [0.29, 0.717) is 5.71 Å². The van der Waals surface area contributed by atoms with E-state index in [4.69, 9.17) is 4.84 Å². The first kappa shape index (κ1) is 14.3. The van der Waals surface area contributed by atoms with Crippen molar-refractivity contribution >= 4 is 11.6 Å². The molecule has 108 valence electrons. The predicted octanol–water partition coefficient (Wildman–Crippen LogP) is 1.79. The minimum atomic E-state index is -4.50. The number of nitrogens with one attached hydrogen (secondary N) is 1. The monoisotopic (exact) mass is 288 g/mol. The molecule has 1 unspecified atom stereocenters. The summed E-state index contributed by atoms with van der Waals surface area (Å²) < 4.78 is 35.5. The van der Waals surface area contributed by atoms with E-state index in [2.05, 4.69) is 9.99 Å². The highest BCUT2D eigenvalue weighted by molar-refractivity contribution is 6.03. The number of carbonyl (C=O) groups excluding carboxylic acids is 1. The largest absolute Gasteiger partial charge is 0.414 e. The molecule has 0 saturated heterocycles. The lowest BCUT2D eigenvalue weighted by molar-refractivity contribution is -0.194. The molecule has 1 aromatic rings. The molecule has 1 aliphatic heterocycles. The van der Waals surface area contributed by atoms with Gasteiger partial charge in [0.1, 0.15) is 0 Å². The lowest BCUT2D eigenvalue weighted by atomic mass is 10.1. The van der Waals surface area contributed by atoms with Gasteiger partial charge in [0, 0.05) is 6.42 Å². The van der Waals surface area contributed by atoms with Crippen molar-refractivity contribution < 1.29 is 27.6 Å². The molecule has 8 heteroatoms. The third kappa shape index (κ3) is 3.95. The van der Waals surface area contributed by atoms with Crippen LogP contribution in [0.4, 0.5) is 13.2 Å². The highest BCUT2D eigenvalue weighted by atomic mass is 19.4. The maximum atomic E-state index is 11.8. The molecule has 1 heterocycles. The summed E-state index contributed by atoms with van der Waals surface area (Å²) in [5.74, 6) is -0.802. The van der Waals surface area contributed by atoms with Gasteiger partial charge in [0.15, 0.2) is 6.61 Å². The molecule has 1 atom stereocenters. The van der Waals surface area contributed by atoms with Crippen LogP contribution in [0.3, 0.4) is 0 Å². The van der Waals surface area contributed by atoms with Gasteiger partial charge in [-0.3, -0.25) is 9.63 Å². The zero-order valence-corrected chi connectivity index (χ0v) is 10.2. The van der Waals surface area contributed by atoms with Gasteiger partial charge in [-0.2, -0.15) is 13.2 Å². The van der Waals surface area contributed by atoms with Crippen molar-refractivity contribution in [1.82, 2.24) is 5.48 Å². The van der Waals surface area contributed by atoms with Crippen LogP contribution in [0.2, 0.25) is 0 Å². The van der Waals surface area contributed by atoms with Crippen molar-refractivity contribution in [2.45, 2.75) is 18.7 Å². The number of benzene rings is 1. The van der Waals surface area contributed by atoms with E-state index >= 15 is 0 Å². The summed E-state index contributed by atoms with van der Waals surface area (Å²) in [6, 6.07) is 9.02. The number of hydrogen-bond donors (Lipinski definition) is 1. The third-order valence-electron chi connectivity index (χ3n) is 2.48. The first-order valence-corrected chi connectivity index (χ1v) is 5.72. The van der Waals surface area contributed by atoms with Gasteiger partial charge in [-0.1, -0.05) is 35.5 Å². The number of alkyl halides is 3. The first-order valence-electron chi connectivity index (χ1n) is 5.72. The maximum Gasteiger partial charge on any atom is 0.414 e. The number of hydrogen-bond acceptors (Lipinski definition) is 4. The standard InChI is InChI=1S/C12H11F3N2O3/c13-12(14,15)7-19-17-11(18)10-6-9(16-20-10)8-4-2-1-3-5-8/h1-5,10H,6-7H2,(H,17,18). The van der Waals surface area contributed by atoms with Crippen LogP contribution in [0.25, 0.3) is 0 Å². The van der Waals surface area contributed by atoms with Crippen molar-refractivity contribution in [1.29, 1.82) is 0 Å². The summed E-state index contributed by atoms with van der Waals surface area (Å²) in [5, 5.41) is 3.74. The van der Waals surface area contributed by atoms with Crippen LogP contribution < -0.4 is 5.48 Å². The van der Waals surface area contributed by atoms with Gasteiger partial charge in [-0.15, -0.1) is 0 Å². The fourth-order valence-electron chi connectivity index (χ4n) is 1.57. The first-order chi connectivity index (χ1) is 9.46. The number of rotatable bonds is 4. The predicted molar refractivity (Wildman–Crippen MR) is 62.6 cm³/mol. The summed E-state index contributed by atoms with van der Waals surface area (Å²) in [4.78, 5) is 20.4. The summed E-state index contributed by atoms with van der Waals surface area (Å²) in [6.45, 7) is -1.56. The number of nitrogens with zero attached hydrogens (tertiary/aromatic N) is 1. The van der Waals surface area contributed by atoms with E-state index in [1.807, 2.05) is 6.07 Å². The fourth-order valence-corrected chi connectivity index (χ4v) is 1.57. The molecule has 0 spiro atoms. The normalized spacial score (nSPS) is 18.4. The molecule has 0 aromatic heterocycles. The smallest absolute Gasteiger partial charge is 0.382 e. The second kappa shape index (κ2) is 5.91. The van der Waals surface area contributed by atoms with Gasteiger partial charge in [-0.25, -0.2) is 5.48 Å². The Balaban J connectivity index is 1.81. The second-order valence-corrected chi connectivity index (χ2v) is 4.07. The fraction of sp³-hybridized carbons (Fsp3) is 0.333. The van der Waals surface area contributed by atoms with Crippen molar-refractivity contribution in [3.8, 4) is 0 Å². The summed E-state index contributed by atoms with van der Waals surface area (Å²) >= 11 is 0. The summed E-state index contributed by atoms with van der Waals surface area (Å²) in [5.41, 5.74) is 3.04. The van der Waals surface area contributed by atoms with E-state index in [0.717, 1.165) is 5.56 Å². The molecule has 0 saturated carbocycles. The molecule has 0 fully saturated rings. The Morgan fingerprint density at radius 3 is 2.75 bits per heavy atom. The molecule has 1 aromatic carbocycles. The molecule has 1 N–H and O–H groups in total. The van der Waals surface area contributed by atoms with E-state index in [1.54, 1.807) is 29.7 Å². The van der Waals surface area contributed by atoms with Crippen molar-refractivity contribution in [2.75, 3.05) is 6.61 Å². The number of carbonyl (C=O) groups is 1. The average molecular weight is 288 g/mol. The summed E-state index contributed by atoms with van der Waals surface area (Å²) in [6.07, 6.45) is -5.32. The van der Waals surface area contributed by atoms with Gasteiger partial charge in [0.05, 0.1) is 5.71 Å². The highest BCUT2D eigenvalue weighted by Crippen LogP contribution is 2.17. The molecule has 1 amide bonds. The van der Waals surface area contributed by atoms with Crippen molar-refractivity contribution in [3.63, 3.8) is 0 Å². The number of amides is 1. The average Bonchev–Trinajstić information content (AvgIpc) is 2.88. The molecular formula is C12H11F3N2O3. The topological polar surface area (TPSA) is 59.9 Å². The van der Waals surface area contributed by atoms with E-state index in [1.165, 1.54) is 0 Å². The number of halogens is 3. The van der Waals surface area contributed by atoms with E-state index < -0.39 is 24.8 Å². The second-order valence-electron chi connectivity index (χ2n) is 4.07. The van der Waals surface area contributed by atoms with Gasteiger partial charge in [-0.05, 0) is 5.56 Å². The Bertz CT molecular complexity index is 502. The highest BCUT2D eigenvalue weighted by Gasteiger charge is 2.31. The van der Waals surface area contributed by atoms with Crippen LogP contribution in [0.5, 0.6) is 0 Å². The Morgan fingerprint density at radius 1 is 1.40 bits per heavy atom.